The Morgan fingerprint density at radius 2 is 2.33 bits per heavy atom. The van der Waals surface area contributed by atoms with E-state index in [1.54, 1.807) is 29.9 Å². The number of fused-ring (bicyclic) bond motifs is 1. The van der Waals surface area contributed by atoms with Crippen LogP contribution in [-0.4, -0.2) is 11.0 Å². The SMILES string of the molecule is N=C(Cc1coc2cccc(Cl)c12)NO. The van der Waals surface area contributed by atoms with Crippen LogP contribution < -0.4 is 5.48 Å². The van der Waals surface area contributed by atoms with E-state index in [1.807, 2.05) is 0 Å². The molecular weight excluding hydrogens is 216 g/mol. The number of hydroxylamine groups is 1. The lowest BCUT2D eigenvalue weighted by molar-refractivity contribution is 0.231. The van der Waals surface area contributed by atoms with Crippen molar-refractivity contribution >= 4 is 28.4 Å². The van der Waals surface area contributed by atoms with Gasteiger partial charge in [0, 0.05) is 17.4 Å². The van der Waals surface area contributed by atoms with Gasteiger partial charge in [0.05, 0.1) is 11.3 Å². The van der Waals surface area contributed by atoms with Crippen LogP contribution in [0.3, 0.4) is 0 Å². The molecule has 1 aromatic carbocycles. The van der Waals surface area contributed by atoms with Crippen molar-refractivity contribution < 1.29 is 9.62 Å². The van der Waals surface area contributed by atoms with Gasteiger partial charge in [-0.2, -0.15) is 0 Å². The summed E-state index contributed by atoms with van der Waals surface area (Å²) in [5.41, 5.74) is 3.25. The number of furan rings is 1. The molecule has 5 heteroatoms. The highest BCUT2D eigenvalue weighted by atomic mass is 35.5. The van der Waals surface area contributed by atoms with Gasteiger partial charge >= 0.3 is 0 Å². The lowest BCUT2D eigenvalue weighted by atomic mass is 10.1. The molecule has 1 aromatic heterocycles. The molecule has 3 N–H and O–H groups in total. The number of hydrogen-bond donors (Lipinski definition) is 3. The fourth-order valence-electron chi connectivity index (χ4n) is 1.47. The smallest absolute Gasteiger partial charge is 0.135 e. The Hall–Kier alpha value is -1.52. The Morgan fingerprint density at radius 1 is 1.53 bits per heavy atom. The maximum atomic E-state index is 8.54. The first-order chi connectivity index (χ1) is 7.22. The summed E-state index contributed by atoms with van der Waals surface area (Å²) < 4.78 is 5.28. The summed E-state index contributed by atoms with van der Waals surface area (Å²) in [7, 11) is 0. The molecule has 0 aliphatic heterocycles. The maximum Gasteiger partial charge on any atom is 0.135 e. The van der Waals surface area contributed by atoms with Gasteiger partial charge in [-0.25, -0.2) is 0 Å². The van der Waals surface area contributed by atoms with Gasteiger partial charge in [0.25, 0.3) is 0 Å². The molecule has 0 unspecified atom stereocenters. The minimum absolute atomic E-state index is 0.00220. The summed E-state index contributed by atoms with van der Waals surface area (Å²) >= 11 is 6.02. The van der Waals surface area contributed by atoms with Crippen molar-refractivity contribution in [2.45, 2.75) is 6.42 Å². The average Bonchev–Trinajstić information content (AvgIpc) is 2.63. The van der Waals surface area contributed by atoms with Crippen LogP contribution in [0.4, 0.5) is 0 Å². The third kappa shape index (κ3) is 1.82. The van der Waals surface area contributed by atoms with Crippen molar-refractivity contribution in [3.8, 4) is 0 Å². The molecule has 0 aliphatic carbocycles. The van der Waals surface area contributed by atoms with Crippen LogP contribution in [0.1, 0.15) is 5.56 Å². The Kier molecular flexibility index (Phi) is 2.62. The number of benzene rings is 1. The van der Waals surface area contributed by atoms with Gasteiger partial charge in [-0.05, 0) is 12.1 Å². The molecule has 0 saturated heterocycles. The normalized spacial score (nSPS) is 10.5. The van der Waals surface area contributed by atoms with Crippen LogP contribution in [0.5, 0.6) is 0 Å². The van der Waals surface area contributed by atoms with E-state index in [1.165, 1.54) is 0 Å². The van der Waals surface area contributed by atoms with Gasteiger partial charge < -0.3 is 4.42 Å². The first kappa shape index (κ1) is 10.0. The van der Waals surface area contributed by atoms with Gasteiger partial charge in [-0.3, -0.25) is 16.1 Å². The van der Waals surface area contributed by atoms with Gasteiger partial charge in [0.1, 0.15) is 11.4 Å². The molecule has 0 aliphatic rings. The zero-order valence-corrected chi connectivity index (χ0v) is 8.51. The number of nitrogens with one attached hydrogen (secondary N) is 2. The van der Waals surface area contributed by atoms with Crippen LogP contribution in [0.25, 0.3) is 11.0 Å². The fourth-order valence-corrected chi connectivity index (χ4v) is 1.76. The fraction of sp³-hybridized carbons (Fsp3) is 0.100. The van der Waals surface area contributed by atoms with Crippen molar-refractivity contribution in [2.24, 2.45) is 0 Å². The summed E-state index contributed by atoms with van der Waals surface area (Å²) in [5.74, 6) is -0.00220. The van der Waals surface area contributed by atoms with Crippen molar-refractivity contribution in [3.05, 3.63) is 35.0 Å². The van der Waals surface area contributed by atoms with Crippen molar-refractivity contribution in [2.75, 3.05) is 0 Å². The molecule has 0 amide bonds. The number of halogens is 1. The molecule has 0 fully saturated rings. The standard InChI is InChI=1S/C10H9ClN2O2/c11-7-2-1-3-8-10(7)6(5-15-8)4-9(12)13-14/h1-3,5,14H,4H2,(H2,12,13). The highest BCUT2D eigenvalue weighted by Crippen LogP contribution is 2.28. The van der Waals surface area contributed by atoms with E-state index in [0.717, 1.165) is 10.9 Å². The number of rotatable bonds is 2. The van der Waals surface area contributed by atoms with E-state index in [0.29, 0.717) is 10.6 Å². The minimum atomic E-state index is -0.00220. The molecule has 4 nitrogen and oxygen atoms in total. The molecule has 0 bridgehead atoms. The monoisotopic (exact) mass is 224 g/mol. The van der Waals surface area contributed by atoms with Gasteiger partial charge in [-0.1, -0.05) is 17.7 Å². The summed E-state index contributed by atoms with van der Waals surface area (Å²) in [6, 6.07) is 5.37. The van der Waals surface area contributed by atoms with E-state index < -0.39 is 0 Å². The first-order valence-corrected chi connectivity index (χ1v) is 4.72. The Morgan fingerprint density at radius 3 is 3.07 bits per heavy atom. The first-order valence-electron chi connectivity index (χ1n) is 4.34. The van der Waals surface area contributed by atoms with E-state index in [9.17, 15) is 0 Å². The molecule has 2 rings (SSSR count). The molecule has 0 spiro atoms. The molecule has 0 radical (unpaired) electrons. The van der Waals surface area contributed by atoms with E-state index in [4.69, 9.17) is 26.6 Å². The van der Waals surface area contributed by atoms with E-state index in [-0.39, 0.29) is 12.3 Å². The molecule has 0 saturated carbocycles. The van der Waals surface area contributed by atoms with Gasteiger partial charge in [-0.15, -0.1) is 0 Å². The molecule has 2 aromatic rings. The lowest BCUT2D eigenvalue weighted by Crippen LogP contribution is -2.19. The Bertz CT molecular complexity index is 507. The second kappa shape index (κ2) is 3.92. The topological polar surface area (TPSA) is 69.2 Å². The number of amidine groups is 1. The minimum Gasteiger partial charge on any atom is -0.464 e. The van der Waals surface area contributed by atoms with Crippen molar-refractivity contribution in [1.82, 2.24) is 5.48 Å². The second-order valence-corrected chi connectivity index (χ2v) is 3.55. The van der Waals surface area contributed by atoms with Crippen LogP contribution in [-0.2, 0) is 6.42 Å². The van der Waals surface area contributed by atoms with Crippen LogP contribution in [0.15, 0.2) is 28.9 Å². The van der Waals surface area contributed by atoms with Crippen molar-refractivity contribution in [1.29, 1.82) is 5.41 Å². The van der Waals surface area contributed by atoms with Crippen molar-refractivity contribution in [3.63, 3.8) is 0 Å². The summed E-state index contributed by atoms with van der Waals surface area (Å²) in [6.45, 7) is 0. The van der Waals surface area contributed by atoms with Gasteiger partial charge in [0.2, 0.25) is 0 Å². The predicted molar refractivity (Wildman–Crippen MR) is 57.6 cm³/mol. The average molecular weight is 225 g/mol. The highest BCUT2D eigenvalue weighted by Gasteiger charge is 2.10. The zero-order valence-electron chi connectivity index (χ0n) is 7.75. The second-order valence-electron chi connectivity index (χ2n) is 3.14. The van der Waals surface area contributed by atoms with E-state index >= 15 is 0 Å². The molecular formula is C10H9ClN2O2. The summed E-state index contributed by atoms with van der Waals surface area (Å²) in [6.07, 6.45) is 1.80. The number of hydrogen-bond acceptors (Lipinski definition) is 3. The maximum absolute atomic E-state index is 8.54. The lowest BCUT2D eigenvalue weighted by Gasteiger charge is -2.00. The van der Waals surface area contributed by atoms with Crippen LogP contribution in [0.2, 0.25) is 5.02 Å². The highest BCUT2D eigenvalue weighted by molar-refractivity contribution is 6.35. The third-order valence-corrected chi connectivity index (χ3v) is 2.44. The Labute approximate surface area is 90.9 Å². The molecule has 15 heavy (non-hydrogen) atoms. The van der Waals surface area contributed by atoms with Gasteiger partial charge in [0.15, 0.2) is 0 Å². The predicted octanol–water partition coefficient (Wildman–Crippen LogP) is 2.58. The van der Waals surface area contributed by atoms with E-state index in [2.05, 4.69) is 0 Å². The van der Waals surface area contributed by atoms with Crippen LogP contribution in [0, 0.1) is 5.41 Å². The summed E-state index contributed by atoms with van der Waals surface area (Å²) in [4.78, 5) is 0. The third-order valence-electron chi connectivity index (χ3n) is 2.13. The largest absolute Gasteiger partial charge is 0.464 e. The summed E-state index contributed by atoms with van der Waals surface area (Å²) in [5, 5.41) is 17.2. The quantitative estimate of drug-likeness (QED) is 0.417. The zero-order chi connectivity index (χ0) is 10.8. The molecule has 0 atom stereocenters. The molecule has 1 heterocycles. The molecule has 78 valence electrons. The Balaban J connectivity index is 2.48. The van der Waals surface area contributed by atoms with Crippen LogP contribution >= 0.6 is 11.6 Å².